The molecular weight excluding hydrogens is 278 g/mol. The molecule has 5 atom stereocenters. The van der Waals surface area contributed by atoms with Gasteiger partial charge in [0.25, 0.3) is 0 Å². The maximum absolute atomic E-state index is 6.61. The largest absolute Gasteiger partial charge is 0.310 e. The predicted molar refractivity (Wildman–Crippen MR) is 88.6 cm³/mol. The van der Waals surface area contributed by atoms with Crippen molar-refractivity contribution in [2.24, 2.45) is 29.6 Å². The molecular formula is C19H26ClN. The van der Waals surface area contributed by atoms with Crippen molar-refractivity contribution in [2.45, 2.75) is 46.1 Å². The first-order chi connectivity index (χ1) is 10.1. The Bertz CT molecular complexity index is 551. The average Bonchev–Trinajstić information content (AvgIpc) is 2.87. The first-order valence-electron chi connectivity index (χ1n) is 8.61. The number of benzene rings is 1. The van der Waals surface area contributed by atoms with E-state index >= 15 is 0 Å². The monoisotopic (exact) mass is 303 g/mol. The smallest absolute Gasteiger partial charge is 0.0456 e. The summed E-state index contributed by atoms with van der Waals surface area (Å²) >= 11 is 6.61. The molecule has 114 valence electrons. The van der Waals surface area contributed by atoms with Gasteiger partial charge in [-0.25, -0.2) is 0 Å². The van der Waals surface area contributed by atoms with Crippen molar-refractivity contribution in [1.29, 1.82) is 0 Å². The summed E-state index contributed by atoms with van der Waals surface area (Å²) < 4.78 is 0. The lowest BCUT2D eigenvalue weighted by Gasteiger charge is -2.24. The number of nitrogens with one attached hydrogen (secondary N) is 1. The highest BCUT2D eigenvalue weighted by molar-refractivity contribution is 6.31. The first-order valence-corrected chi connectivity index (χ1v) is 8.99. The Labute approximate surface area is 133 Å². The summed E-state index contributed by atoms with van der Waals surface area (Å²) in [6.07, 6.45) is 4.50. The van der Waals surface area contributed by atoms with Crippen LogP contribution in [0.25, 0.3) is 0 Å². The van der Waals surface area contributed by atoms with Crippen LogP contribution in [0, 0.1) is 43.4 Å². The molecule has 1 nitrogen and oxygen atoms in total. The highest BCUT2D eigenvalue weighted by atomic mass is 35.5. The second-order valence-corrected chi connectivity index (χ2v) is 7.97. The molecule has 3 fully saturated rings. The summed E-state index contributed by atoms with van der Waals surface area (Å²) in [6, 6.07) is 4.96. The lowest BCUT2D eigenvalue weighted by Crippen LogP contribution is -2.26. The number of aryl methyl sites for hydroxylation is 2. The van der Waals surface area contributed by atoms with Crippen LogP contribution in [0.3, 0.4) is 0 Å². The van der Waals surface area contributed by atoms with Gasteiger partial charge in [0, 0.05) is 11.1 Å². The van der Waals surface area contributed by atoms with E-state index in [1.54, 1.807) is 0 Å². The van der Waals surface area contributed by atoms with E-state index in [9.17, 15) is 0 Å². The zero-order chi connectivity index (χ0) is 14.7. The van der Waals surface area contributed by atoms with Gasteiger partial charge in [0.1, 0.15) is 0 Å². The molecule has 1 N–H and O–H groups in total. The fourth-order valence-electron chi connectivity index (χ4n) is 5.55. The molecule has 4 rings (SSSR count). The third kappa shape index (κ3) is 2.08. The van der Waals surface area contributed by atoms with Gasteiger partial charge in [0.15, 0.2) is 0 Å². The third-order valence-corrected chi connectivity index (χ3v) is 6.88. The Morgan fingerprint density at radius 3 is 2.38 bits per heavy atom. The van der Waals surface area contributed by atoms with Crippen molar-refractivity contribution in [3.8, 4) is 0 Å². The molecule has 3 saturated carbocycles. The molecule has 0 spiro atoms. The van der Waals surface area contributed by atoms with Crippen LogP contribution in [-0.2, 0) is 0 Å². The molecule has 3 aliphatic carbocycles. The molecule has 0 aliphatic heterocycles. The van der Waals surface area contributed by atoms with E-state index in [1.807, 2.05) is 0 Å². The van der Waals surface area contributed by atoms with Gasteiger partial charge in [-0.1, -0.05) is 24.6 Å². The van der Waals surface area contributed by atoms with Gasteiger partial charge in [0.2, 0.25) is 0 Å². The summed E-state index contributed by atoms with van der Waals surface area (Å²) in [5.41, 5.74) is 4.02. The lowest BCUT2D eigenvalue weighted by molar-refractivity contribution is 0.374. The summed E-state index contributed by atoms with van der Waals surface area (Å²) in [5.74, 6) is 4.87. The first kappa shape index (κ1) is 14.1. The standard InChI is InChI=1S/C19H26ClN/c1-4-21-19(14-7-10(2)11(3)8-15(14)20)18-16-12-5-6-13(9-12)17(16)18/h7-8,12-13,16-19,21H,4-6,9H2,1-3H3. The van der Waals surface area contributed by atoms with Gasteiger partial charge in [-0.15, -0.1) is 0 Å². The van der Waals surface area contributed by atoms with E-state index in [0.717, 1.165) is 41.2 Å². The quantitative estimate of drug-likeness (QED) is 0.834. The summed E-state index contributed by atoms with van der Waals surface area (Å²) in [4.78, 5) is 0. The van der Waals surface area contributed by atoms with Gasteiger partial charge >= 0.3 is 0 Å². The summed E-state index contributed by atoms with van der Waals surface area (Å²) in [7, 11) is 0. The van der Waals surface area contributed by atoms with Crippen molar-refractivity contribution in [3.05, 3.63) is 33.8 Å². The minimum absolute atomic E-state index is 0.472. The molecule has 0 radical (unpaired) electrons. The van der Waals surface area contributed by atoms with Gasteiger partial charge in [0.05, 0.1) is 0 Å². The highest BCUT2D eigenvalue weighted by Gasteiger charge is 2.66. The number of rotatable bonds is 4. The molecule has 2 heteroatoms. The molecule has 21 heavy (non-hydrogen) atoms. The molecule has 1 aromatic carbocycles. The molecule has 1 aromatic rings. The normalized spacial score (nSPS) is 37.6. The van der Waals surface area contributed by atoms with E-state index in [0.29, 0.717) is 6.04 Å². The number of fused-ring (bicyclic) bond motifs is 5. The van der Waals surface area contributed by atoms with Crippen molar-refractivity contribution >= 4 is 11.6 Å². The molecule has 0 amide bonds. The SMILES string of the molecule is CCNC(c1cc(C)c(C)cc1Cl)C1C2C3CCC(C3)C21. The van der Waals surface area contributed by atoms with E-state index in [2.05, 4.69) is 38.2 Å². The number of hydrogen-bond donors (Lipinski definition) is 1. The van der Waals surface area contributed by atoms with Crippen LogP contribution in [0.2, 0.25) is 5.02 Å². The van der Waals surface area contributed by atoms with Crippen LogP contribution >= 0.6 is 11.6 Å². The Kier molecular flexibility index (Phi) is 3.35. The Hall–Kier alpha value is -0.530. The Morgan fingerprint density at radius 1 is 1.14 bits per heavy atom. The Morgan fingerprint density at radius 2 is 1.76 bits per heavy atom. The van der Waals surface area contributed by atoms with E-state index < -0.39 is 0 Å². The average molecular weight is 304 g/mol. The van der Waals surface area contributed by atoms with Crippen molar-refractivity contribution in [3.63, 3.8) is 0 Å². The van der Waals surface area contributed by atoms with Gasteiger partial charge in [-0.05, 0) is 92.0 Å². The van der Waals surface area contributed by atoms with E-state index in [1.165, 1.54) is 36.0 Å². The lowest BCUT2D eigenvalue weighted by atomic mass is 9.91. The van der Waals surface area contributed by atoms with Crippen LogP contribution in [0.1, 0.15) is 48.9 Å². The van der Waals surface area contributed by atoms with Gasteiger partial charge in [-0.2, -0.15) is 0 Å². The number of halogens is 1. The zero-order valence-electron chi connectivity index (χ0n) is 13.3. The maximum atomic E-state index is 6.61. The van der Waals surface area contributed by atoms with Crippen LogP contribution in [0.15, 0.2) is 12.1 Å². The maximum Gasteiger partial charge on any atom is 0.0456 e. The van der Waals surface area contributed by atoms with Gasteiger partial charge < -0.3 is 5.32 Å². The summed E-state index contributed by atoms with van der Waals surface area (Å²) in [6.45, 7) is 7.60. The Balaban J connectivity index is 1.66. The van der Waals surface area contributed by atoms with Crippen molar-refractivity contribution < 1.29 is 0 Å². The van der Waals surface area contributed by atoms with Crippen molar-refractivity contribution in [2.75, 3.05) is 6.54 Å². The minimum Gasteiger partial charge on any atom is -0.310 e. The minimum atomic E-state index is 0.472. The second-order valence-electron chi connectivity index (χ2n) is 7.56. The van der Waals surface area contributed by atoms with Crippen LogP contribution in [-0.4, -0.2) is 6.54 Å². The van der Waals surface area contributed by atoms with Crippen LogP contribution in [0.5, 0.6) is 0 Å². The molecule has 0 heterocycles. The van der Waals surface area contributed by atoms with Crippen molar-refractivity contribution in [1.82, 2.24) is 5.32 Å². The molecule has 2 bridgehead atoms. The summed E-state index contributed by atoms with van der Waals surface area (Å²) in [5, 5.41) is 4.72. The van der Waals surface area contributed by atoms with E-state index in [4.69, 9.17) is 11.6 Å². The molecule has 3 aliphatic rings. The molecule has 0 aromatic heterocycles. The fraction of sp³-hybridized carbons (Fsp3) is 0.684. The zero-order valence-corrected chi connectivity index (χ0v) is 14.1. The third-order valence-electron chi connectivity index (χ3n) is 6.55. The molecule has 0 saturated heterocycles. The highest BCUT2D eigenvalue weighted by Crippen LogP contribution is 2.72. The van der Waals surface area contributed by atoms with E-state index in [-0.39, 0.29) is 0 Å². The van der Waals surface area contributed by atoms with Gasteiger partial charge in [-0.3, -0.25) is 0 Å². The molecule has 5 unspecified atom stereocenters. The van der Waals surface area contributed by atoms with Crippen LogP contribution in [0.4, 0.5) is 0 Å². The number of hydrogen-bond acceptors (Lipinski definition) is 1. The predicted octanol–water partition coefficient (Wildman–Crippen LogP) is 4.90. The second kappa shape index (κ2) is 4.99. The fourth-order valence-corrected chi connectivity index (χ4v) is 5.89. The van der Waals surface area contributed by atoms with Crippen LogP contribution < -0.4 is 5.32 Å². The topological polar surface area (TPSA) is 12.0 Å².